The van der Waals surface area contributed by atoms with E-state index in [0.717, 1.165) is 5.56 Å². The van der Waals surface area contributed by atoms with Gasteiger partial charge < -0.3 is 68.4 Å². The van der Waals surface area contributed by atoms with Gasteiger partial charge in [0.25, 0.3) is 0 Å². The van der Waals surface area contributed by atoms with Crippen LogP contribution < -0.4 is 54.0 Å². The summed E-state index contributed by atoms with van der Waals surface area (Å²) in [7, 11) is 0. The Morgan fingerprint density at radius 1 is 0.562 bits per heavy atom. The zero-order chi connectivity index (χ0) is 58.9. The summed E-state index contributed by atoms with van der Waals surface area (Å²) >= 11 is 0. The molecule has 4 rings (SSSR count). The van der Waals surface area contributed by atoms with E-state index in [9.17, 15) is 43.2 Å². The van der Waals surface area contributed by atoms with Crippen molar-refractivity contribution in [2.45, 2.75) is 174 Å². The molecule has 2 fully saturated rings. The minimum absolute atomic E-state index is 0.0345. The lowest BCUT2D eigenvalue weighted by molar-refractivity contribution is -0.143. The number of rotatable bonds is 18. The summed E-state index contributed by atoms with van der Waals surface area (Å²) in [6.07, 6.45) is 1.03. The first kappa shape index (κ1) is 66.0. The van der Waals surface area contributed by atoms with Crippen molar-refractivity contribution in [3.05, 3.63) is 71.8 Å². The zero-order valence-corrected chi connectivity index (χ0v) is 48.2. The number of hydrogen-bond acceptors (Lipinski definition) is 13. The average Bonchev–Trinajstić information content (AvgIpc) is 3.96. The first-order valence-corrected chi connectivity index (χ1v) is 28.5. The molecule has 22 nitrogen and oxygen atoms in total. The van der Waals surface area contributed by atoms with Gasteiger partial charge in [0, 0.05) is 19.5 Å². The number of nitrogens with two attached hydrogens (primary N) is 2. The van der Waals surface area contributed by atoms with E-state index in [1.165, 1.54) is 4.90 Å². The highest BCUT2D eigenvalue weighted by Crippen LogP contribution is 2.22. The molecule has 0 bridgehead atoms. The van der Waals surface area contributed by atoms with Gasteiger partial charge in [-0.25, -0.2) is 0 Å². The van der Waals surface area contributed by atoms with Gasteiger partial charge in [0.1, 0.15) is 54.9 Å². The Hall–Kier alpha value is -6.49. The second kappa shape index (κ2) is 33.9. The Labute approximate surface area is 472 Å². The third kappa shape index (κ3) is 21.9. The van der Waals surface area contributed by atoms with E-state index in [1.807, 2.05) is 64.1 Å². The van der Waals surface area contributed by atoms with Crippen LogP contribution in [-0.2, 0) is 65.7 Å². The second-order valence-corrected chi connectivity index (χ2v) is 22.5. The molecule has 80 heavy (non-hydrogen) atoms. The van der Waals surface area contributed by atoms with Crippen LogP contribution in [0.1, 0.15) is 118 Å². The molecule has 0 aromatic heterocycles. The largest absolute Gasteiger partial charge is 0.374 e. The van der Waals surface area contributed by atoms with Gasteiger partial charge in [-0.3, -0.25) is 43.2 Å². The van der Waals surface area contributed by atoms with Gasteiger partial charge >= 0.3 is 0 Å². The number of hydrogen-bond donors (Lipinski definition) is 10. The third-order valence-corrected chi connectivity index (χ3v) is 14.0. The smallest absolute Gasteiger partial charge is 0.246 e. The molecule has 9 amide bonds. The summed E-state index contributed by atoms with van der Waals surface area (Å²) in [4.78, 5) is 130. The van der Waals surface area contributed by atoms with Gasteiger partial charge in [0.2, 0.25) is 53.2 Å². The molecule has 0 radical (unpaired) electrons. The van der Waals surface area contributed by atoms with Gasteiger partial charge in [-0.2, -0.15) is 0 Å². The maximum Gasteiger partial charge on any atom is 0.246 e. The number of benzene rings is 2. The monoisotopic (exact) mass is 1120 g/mol. The molecule has 0 saturated carbocycles. The molecule has 2 aliphatic heterocycles. The lowest BCUT2D eigenvalue weighted by Crippen LogP contribution is -2.61. The van der Waals surface area contributed by atoms with E-state index in [4.69, 9.17) is 20.9 Å². The molecule has 12 N–H and O–H groups in total. The number of nitrogens with zero attached hydrogens (tertiary/aromatic N) is 1. The van der Waals surface area contributed by atoms with Crippen molar-refractivity contribution in [2.75, 3.05) is 39.4 Å². The summed E-state index contributed by atoms with van der Waals surface area (Å²) in [5, 5.41) is 22.6. The fourth-order valence-corrected chi connectivity index (χ4v) is 9.59. The quantitative estimate of drug-likeness (QED) is 0.101. The molecule has 2 heterocycles. The highest BCUT2D eigenvalue weighted by molar-refractivity contribution is 5.98. The fourth-order valence-electron chi connectivity index (χ4n) is 9.59. The summed E-state index contributed by atoms with van der Waals surface area (Å²) in [6, 6.07) is 9.18. The van der Waals surface area contributed by atoms with Crippen molar-refractivity contribution in [1.29, 1.82) is 0 Å². The Morgan fingerprint density at radius 2 is 1.04 bits per heavy atom. The first-order chi connectivity index (χ1) is 38.1. The molecule has 2 aromatic carbocycles. The van der Waals surface area contributed by atoms with Crippen LogP contribution >= 0.6 is 0 Å². The molecule has 2 saturated heterocycles. The minimum Gasteiger partial charge on any atom is -0.374 e. The minimum atomic E-state index is -1.21. The van der Waals surface area contributed by atoms with Crippen molar-refractivity contribution in [3.8, 4) is 0 Å². The van der Waals surface area contributed by atoms with Crippen LogP contribution in [0.5, 0.6) is 0 Å². The van der Waals surface area contributed by atoms with E-state index in [1.54, 1.807) is 52.0 Å². The number of carbonyl (C=O) groups excluding carboxylic acids is 9. The third-order valence-electron chi connectivity index (χ3n) is 14.0. The molecule has 444 valence electrons. The molecular weight excluding hydrogens is 1030 g/mol. The lowest BCUT2D eigenvalue weighted by atomic mass is 9.99. The Balaban J connectivity index is 1.76. The summed E-state index contributed by atoms with van der Waals surface area (Å²) in [5.41, 5.74) is 13.4. The van der Waals surface area contributed by atoms with Crippen molar-refractivity contribution in [3.63, 3.8) is 0 Å². The van der Waals surface area contributed by atoms with E-state index in [0.29, 0.717) is 24.8 Å². The summed E-state index contributed by atoms with van der Waals surface area (Å²) in [5.74, 6) is -6.93. The van der Waals surface area contributed by atoms with E-state index in [2.05, 4.69) is 42.5 Å². The van der Waals surface area contributed by atoms with Gasteiger partial charge in [0.15, 0.2) is 0 Å². The van der Waals surface area contributed by atoms with Crippen LogP contribution in [0.15, 0.2) is 60.7 Å². The number of carbonyl (C=O) groups is 9. The molecule has 0 aliphatic carbocycles. The second-order valence-electron chi connectivity index (χ2n) is 22.5. The number of nitrogens with one attached hydrogen (secondary N) is 8. The Kier molecular flexibility index (Phi) is 28.0. The normalized spacial score (nSPS) is 25.2. The highest BCUT2D eigenvalue weighted by Gasteiger charge is 2.41. The maximum atomic E-state index is 14.8. The maximum absolute atomic E-state index is 14.8. The van der Waals surface area contributed by atoms with Crippen LogP contribution in [0.4, 0.5) is 0 Å². The number of fused-ring (bicyclic) bond motifs is 1. The summed E-state index contributed by atoms with van der Waals surface area (Å²) in [6.45, 7) is 14.4. The topological polar surface area (TPSA) is 324 Å². The standard InChI is InChI=1S/C58H91N11O11/c1-35(2)28-44-51(71)61-31-41(33-79-32-40-20-13-10-14-21-40)80-34-48(70)67-49(37(5)6)56(76)62-43(23-16-26-60)53(73)65-45(29-36(3)4)54(74)66-46(30-39-18-11-9-12-19-39)58(78)69-27-17-24-47(69)55(75)68-50(38(7)8)57(77)63-42(22-15-25-59)52(72)64-44/h9-14,18-21,35-38,41-47,49-50H,15-17,22-34,59-60H2,1-8H3,(H,61,71)(H,62,76)(H,63,77)(H,64,72)(H,65,73)(H,66,74)(H,67,70)(H,68,75)/t41-,42-,43-,44-,45-,46+,47-,49-,50-/m0/s1. The van der Waals surface area contributed by atoms with E-state index >= 15 is 0 Å². The van der Waals surface area contributed by atoms with Crippen molar-refractivity contribution >= 4 is 53.2 Å². The van der Waals surface area contributed by atoms with Gasteiger partial charge in [-0.15, -0.1) is 0 Å². The zero-order valence-electron chi connectivity index (χ0n) is 48.2. The fraction of sp³-hybridized carbons (Fsp3) is 0.638. The van der Waals surface area contributed by atoms with Crippen LogP contribution in [0, 0.1) is 23.7 Å². The predicted octanol–water partition coefficient (Wildman–Crippen LogP) is 1.23. The molecule has 2 aromatic rings. The Morgan fingerprint density at radius 3 is 1.55 bits per heavy atom. The molecule has 22 heteroatoms. The molecule has 9 atom stereocenters. The van der Waals surface area contributed by atoms with Crippen LogP contribution in [0.2, 0.25) is 0 Å². The molecular formula is C58H91N11O11. The van der Waals surface area contributed by atoms with E-state index < -0.39 is 126 Å². The predicted molar refractivity (Wildman–Crippen MR) is 302 cm³/mol. The number of amides is 9. The van der Waals surface area contributed by atoms with Crippen molar-refractivity contribution in [2.24, 2.45) is 35.1 Å². The number of ether oxygens (including phenoxy) is 2. The van der Waals surface area contributed by atoms with Crippen LogP contribution in [-0.4, -0.2) is 152 Å². The van der Waals surface area contributed by atoms with Crippen LogP contribution in [0.3, 0.4) is 0 Å². The highest BCUT2D eigenvalue weighted by atomic mass is 16.5. The van der Waals surface area contributed by atoms with Crippen molar-refractivity contribution < 1.29 is 52.6 Å². The van der Waals surface area contributed by atoms with Gasteiger partial charge in [-0.1, -0.05) is 116 Å². The lowest BCUT2D eigenvalue weighted by Gasteiger charge is -2.32. The van der Waals surface area contributed by atoms with E-state index in [-0.39, 0.29) is 89.8 Å². The Bertz CT molecular complexity index is 2320. The summed E-state index contributed by atoms with van der Waals surface area (Å²) < 4.78 is 12.1. The van der Waals surface area contributed by atoms with Crippen molar-refractivity contribution in [1.82, 2.24) is 47.4 Å². The van der Waals surface area contributed by atoms with Gasteiger partial charge in [-0.05, 0) is 99.3 Å². The van der Waals surface area contributed by atoms with Crippen LogP contribution in [0.25, 0.3) is 0 Å². The SMILES string of the molecule is CC(C)C[C@@H]1NC(=O)[C@H](CCCN)NC(=O)[C@H](C(C)C)NC(=O)[C@@H]2CCCN2C(=O)[C@@H](Cc2ccccc2)NC(=O)[C@H](CC(C)C)NC(=O)[C@H](CCCN)NC(=O)[C@H](C(C)C)NC(=O)CO[C@H](COCc2ccccc2)CNC1=O. The molecule has 2 aliphatic rings. The molecule has 0 unspecified atom stereocenters. The molecule has 0 spiro atoms. The average molecular weight is 1120 g/mol. The first-order valence-electron chi connectivity index (χ1n) is 28.5. The van der Waals surface area contributed by atoms with Gasteiger partial charge in [0.05, 0.1) is 19.3 Å².